The van der Waals surface area contributed by atoms with Gasteiger partial charge in [-0.15, -0.1) is 0 Å². The number of pyridine rings is 1. The van der Waals surface area contributed by atoms with Crippen LogP contribution >= 0.6 is 0 Å². The topological polar surface area (TPSA) is 12.9 Å². The lowest BCUT2D eigenvalue weighted by Crippen LogP contribution is -1.84. The molecule has 0 aliphatic heterocycles. The quantitative estimate of drug-likeness (QED) is 0.552. The predicted molar refractivity (Wildman–Crippen MR) is 33.0 cm³/mol. The molecule has 1 nitrogen and oxygen atoms in total. The first kappa shape index (κ1) is 6.20. The van der Waals surface area contributed by atoms with E-state index in [4.69, 9.17) is 0 Å². The van der Waals surface area contributed by atoms with Crippen LogP contribution in [0.4, 0.5) is 4.39 Å². The fourth-order valence-electron chi connectivity index (χ4n) is 0.551. The molecule has 0 aliphatic rings. The summed E-state index contributed by atoms with van der Waals surface area (Å²) in [6, 6.07) is 1.57. The highest BCUT2D eigenvalue weighted by atomic mass is 19.1. The van der Waals surface area contributed by atoms with Crippen LogP contribution in [0.1, 0.15) is 5.56 Å². The van der Waals surface area contributed by atoms with Crippen molar-refractivity contribution in [2.75, 3.05) is 0 Å². The van der Waals surface area contributed by atoms with E-state index in [9.17, 15) is 4.39 Å². The summed E-state index contributed by atoms with van der Waals surface area (Å²) in [6.45, 7) is 3.42. The number of nitrogens with zero attached hydrogens (tertiary/aromatic N) is 1. The van der Waals surface area contributed by atoms with Gasteiger partial charge in [0.15, 0.2) is 0 Å². The van der Waals surface area contributed by atoms with E-state index in [1.807, 2.05) is 0 Å². The molecule has 2 radical (unpaired) electrons. The van der Waals surface area contributed by atoms with Gasteiger partial charge in [-0.05, 0) is 25.0 Å². The average Bonchev–Trinajstić information content (AvgIpc) is 1.89. The minimum atomic E-state index is -0.326. The van der Waals surface area contributed by atoms with E-state index in [0.717, 1.165) is 6.20 Å². The summed E-state index contributed by atoms with van der Waals surface area (Å²) in [7, 11) is 0. The van der Waals surface area contributed by atoms with Gasteiger partial charge in [0.25, 0.3) is 0 Å². The molecule has 0 saturated heterocycles. The van der Waals surface area contributed by atoms with Gasteiger partial charge >= 0.3 is 0 Å². The average molecular weight is 123 g/mol. The van der Waals surface area contributed by atoms with Crippen LogP contribution in [0.5, 0.6) is 0 Å². The molecule has 46 valence electrons. The van der Waals surface area contributed by atoms with Crippen molar-refractivity contribution in [3.8, 4) is 0 Å². The Morgan fingerprint density at radius 3 is 2.89 bits per heavy atom. The van der Waals surface area contributed by atoms with Crippen molar-refractivity contribution in [3.63, 3.8) is 0 Å². The fraction of sp³-hybridized carbons (Fsp3) is 0. The molecule has 0 unspecified atom stereocenters. The second kappa shape index (κ2) is 2.58. The molecule has 1 aromatic heterocycles. The Bertz CT molecular complexity index is 198. The molecule has 0 fully saturated rings. The summed E-state index contributed by atoms with van der Waals surface area (Å²) in [5.41, 5.74) is 0.491. The number of rotatable bonds is 1. The summed E-state index contributed by atoms with van der Waals surface area (Å²) in [6.07, 6.45) is 4.15. The Labute approximate surface area is 53.5 Å². The SMILES string of the molecule is [CH2][CH]c1ccncc1F. The Balaban J connectivity index is 3.01. The van der Waals surface area contributed by atoms with Crippen molar-refractivity contribution in [3.05, 3.63) is 43.2 Å². The van der Waals surface area contributed by atoms with Gasteiger partial charge in [0, 0.05) is 6.20 Å². The lowest BCUT2D eigenvalue weighted by atomic mass is 10.2. The third-order valence-corrected chi connectivity index (χ3v) is 1.02. The third kappa shape index (κ3) is 1.25. The Morgan fingerprint density at radius 1 is 1.67 bits per heavy atom. The first-order valence-corrected chi connectivity index (χ1v) is 2.56. The van der Waals surface area contributed by atoms with Gasteiger partial charge in [-0.3, -0.25) is 4.98 Å². The van der Waals surface area contributed by atoms with Gasteiger partial charge in [-0.25, -0.2) is 4.39 Å². The van der Waals surface area contributed by atoms with Crippen LogP contribution in [0.2, 0.25) is 0 Å². The lowest BCUT2D eigenvalue weighted by molar-refractivity contribution is 0.614. The van der Waals surface area contributed by atoms with Gasteiger partial charge in [-0.1, -0.05) is 0 Å². The molecule has 0 atom stereocenters. The van der Waals surface area contributed by atoms with Crippen molar-refractivity contribution < 1.29 is 4.39 Å². The Morgan fingerprint density at radius 2 is 2.44 bits per heavy atom. The molecule has 0 N–H and O–H groups in total. The molecule has 9 heavy (non-hydrogen) atoms. The fourth-order valence-corrected chi connectivity index (χ4v) is 0.551. The van der Waals surface area contributed by atoms with Crippen LogP contribution in [0.15, 0.2) is 18.5 Å². The molecular weight excluding hydrogens is 117 g/mol. The molecule has 0 aliphatic carbocycles. The molecule has 1 rings (SSSR count). The van der Waals surface area contributed by atoms with Crippen molar-refractivity contribution in [2.45, 2.75) is 0 Å². The zero-order chi connectivity index (χ0) is 6.69. The van der Waals surface area contributed by atoms with Gasteiger partial charge in [0.1, 0.15) is 5.82 Å². The lowest BCUT2D eigenvalue weighted by Gasteiger charge is -1.93. The van der Waals surface area contributed by atoms with E-state index in [2.05, 4.69) is 11.9 Å². The van der Waals surface area contributed by atoms with Gasteiger partial charge in [-0.2, -0.15) is 0 Å². The van der Waals surface area contributed by atoms with Crippen molar-refractivity contribution in [2.24, 2.45) is 0 Å². The Hall–Kier alpha value is -0.920. The summed E-state index contributed by atoms with van der Waals surface area (Å²) >= 11 is 0. The molecule has 1 aromatic rings. The van der Waals surface area contributed by atoms with Crippen molar-refractivity contribution >= 4 is 0 Å². The summed E-state index contributed by atoms with van der Waals surface area (Å²) in [5, 5.41) is 0. The predicted octanol–water partition coefficient (Wildman–Crippen LogP) is 1.61. The summed E-state index contributed by atoms with van der Waals surface area (Å²) in [4.78, 5) is 3.57. The highest BCUT2D eigenvalue weighted by Crippen LogP contribution is 2.04. The molecule has 0 spiro atoms. The van der Waals surface area contributed by atoms with Crippen LogP contribution in [0.3, 0.4) is 0 Å². The van der Waals surface area contributed by atoms with Crippen LogP contribution in [0.25, 0.3) is 0 Å². The molecule has 1 heterocycles. The highest BCUT2D eigenvalue weighted by molar-refractivity contribution is 5.21. The van der Waals surface area contributed by atoms with Crippen LogP contribution in [0, 0.1) is 19.2 Å². The maximum atomic E-state index is 12.5. The van der Waals surface area contributed by atoms with E-state index < -0.39 is 0 Å². The normalized spacial score (nSPS) is 9.56. The number of halogens is 1. The van der Waals surface area contributed by atoms with E-state index in [1.165, 1.54) is 12.6 Å². The molecule has 0 saturated carbocycles. The second-order valence-electron chi connectivity index (χ2n) is 1.60. The molecular formula is C7H6FN. The number of aromatic nitrogens is 1. The van der Waals surface area contributed by atoms with Crippen LogP contribution in [-0.2, 0) is 0 Å². The zero-order valence-corrected chi connectivity index (χ0v) is 4.84. The highest BCUT2D eigenvalue weighted by Gasteiger charge is 1.95. The monoisotopic (exact) mass is 123 g/mol. The number of hydrogen-bond donors (Lipinski definition) is 0. The maximum Gasteiger partial charge on any atom is 0.144 e. The van der Waals surface area contributed by atoms with Crippen LogP contribution < -0.4 is 0 Å². The minimum absolute atomic E-state index is 0.326. The van der Waals surface area contributed by atoms with E-state index in [0.29, 0.717) is 5.56 Å². The number of hydrogen-bond acceptors (Lipinski definition) is 1. The van der Waals surface area contributed by atoms with Gasteiger partial charge in [0.05, 0.1) is 6.20 Å². The van der Waals surface area contributed by atoms with Gasteiger partial charge in [0.2, 0.25) is 0 Å². The largest absolute Gasteiger partial charge is 0.262 e. The van der Waals surface area contributed by atoms with Crippen LogP contribution in [-0.4, -0.2) is 4.98 Å². The first-order chi connectivity index (χ1) is 4.34. The molecule has 0 aromatic carbocycles. The van der Waals surface area contributed by atoms with E-state index in [-0.39, 0.29) is 5.82 Å². The van der Waals surface area contributed by atoms with Crippen molar-refractivity contribution in [1.82, 2.24) is 4.98 Å². The standard InChI is InChI=1S/C7H6FN/c1-2-6-3-4-9-5-7(6)8/h2-5H,1H2. The van der Waals surface area contributed by atoms with E-state index >= 15 is 0 Å². The summed E-state index contributed by atoms with van der Waals surface area (Å²) in [5.74, 6) is -0.326. The molecule has 2 heteroatoms. The third-order valence-electron chi connectivity index (χ3n) is 1.02. The smallest absolute Gasteiger partial charge is 0.144 e. The molecule has 0 amide bonds. The second-order valence-corrected chi connectivity index (χ2v) is 1.60. The van der Waals surface area contributed by atoms with Gasteiger partial charge < -0.3 is 0 Å². The minimum Gasteiger partial charge on any atom is -0.262 e. The first-order valence-electron chi connectivity index (χ1n) is 2.56. The molecule has 0 bridgehead atoms. The van der Waals surface area contributed by atoms with E-state index in [1.54, 1.807) is 6.07 Å². The van der Waals surface area contributed by atoms with Crippen molar-refractivity contribution in [1.29, 1.82) is 0 Å². The maximum absolute atomic E-state index is 12.5. The summed E-state index contributed by atoms with van der Waals surface area (Å²) < 4.78 is 12.5. The Kier molecular flexibility index (Phi) is 1.78. The zero-order valence-electron chi connectivity index (χ0n) is 4.84.